The van der Waals surface area contributed by atoms with E-state index in [1.54, 1.807) is 13.4 Å². The topological polar surface area (TPSA) is 45.9 Å². The summed E-state index contributed by atoms with van der Waals surface area (Å²) in [6.45, 7) is 4.37. The summed E-state index contributed by atoms with van der Waals surface area (Å²) in [6.07, 6.45) is 7.98. The first-order valence-electron chi connectivity index (χ1n) is 10.9. The fraction of sp³-hybridized carbons (Fsp3) is 0.280. The van der Waals surface area contributed by atoms with E-state index in [2.05, 4.69) is 39.3 Å². The third-order valence-corrected chi connectivity index (χ3v) is 5.87. The van der Waals surface area contributed by atoms with Crippen molar-refractivity contribution in [1.82, 2.24) is 14.6 Å². The molecule has 0 radical (unpaired) electrons. The van der Waals surface area contributed by atoms with Crippen LogP contribution in [0, 0.1) is 12.7 Å². The molecule has 0 amide bonds. The van der Waals surface area contributed by atoms with Gasteiger partial charge in [-0.25, -0.2) is 9.37 Å². The van der Waals surface area contributed by atoms with Gasteiger partial charge < -0.3 is 9.30 Å². The molecule has 1 saturated heterocycles. The minimum atomic E-state index is -0.220. The van der Waals surface area contributed by atoms with Gasteiger partial charge in [0.25, 0.3) is 0 Å². The second kappa shape index (κ2) is 8.49. The number of fused-ring (bicyclic) bond motifs is 1. The number of imidazole rings is 1. The highest BCUT2D eigenvalue weighted by Gasteiger charge is 2.29. The summed E-state index contributed by atoms with van der Waals surface area (Å²) in [4.78, 5) is 9.16. The van der Waals surface area contributed by atoms with Gasteiger partial charge in [-0.15, -0.1) is 0 Å². The van der Waals surface area contributed by atoms with E-state index in [1.165, 1.54) is 17.7 Å². The van der Waals surface area contributed by atoms with Crippen molar-refractivity contribution in [3.05, 3.63) is 77.6 Å². The zero-order valence-electron chi connectivity index (χ0n) is 18.3. The van der Waals surface area contributed by atoms with Crippen LogP contribution in [0.2, 0.25) is 0 Å². The fourth-order valence-corrected chi connectivity index (χ4v) is 4.36. The molecule has 164 valence electrons. The Bertz CT molecular complexity index is 1180. The van der Waals surface area contributed by atoms with Crippen molar-refractivity contribution in [2.75, 3.05) is 31.8 Å². The first kappa shape index (κ1) is 20.3. The Morgan fingerprint density at radius 2 is 1.91 bits per heavy atom. The van der Waals surface area contributed by atoms with Gasteiger partial charge in [-0.05, 0) is 73.4 Å². The minimum Gasteiger partial charge on any atom is -0.495 e. The van der Waals surface area contributed by atoms with Gasteiger partial charge >= 0.3 is 0 Å². The van der Waals surface area contributed by atoms with Crippen LogP contribution in [0.4, 0.5) is 10.1 Å². The zero-order chi connectivity index (χ0) is 22.1. The molecule has 6 nitrogen and oxygen atoms in total. The molecule has 32 heavy (non-hydrogen) atoms. The lowest BCUT2D eigenvalue weighted by Gasteiger charge is -2.44. The number of hydrazine groups is 1. The molecule has 2 aliphatic heterocycles. The first-order valence-corrected chi connectivity index (χ1v) is 10.9. The quantitative estimate of drug-likeness (QED) is 0.604. The summed E-state index contributed by atoms with van der Waals surface area (Å²) in [7, 11) is 1.69. The number of halogens is 1. The minimum absolute atomic E-state index is 0.220. The molecule has 0 spiro atoms. The number of nitrogens with zero attached hydrogens (tertiary/aromatic N) is 5. The number of aryl methyl sites for hydroxylation is 1. The summed E-state index contributed by atoms with van der Waals surface area (Å²) in [5.41, 5.74) is 5.18. The molecule has 3 aromatic rings. The van der Waals surface area contributed by atoms with Crippen LogP contribution < -0.4 is 9.75 Å². The van der Waals surface area contributed by atoms with Gasteiger partial charge in [0, 0.05) is 12.7 Å². The molecule has 7 heteroatoms. The van der Waals surface area contributed by atoms with Crippen LogP contribution in [0.3, 0.4) is 0 Å². The van der Waals surface area contributed by atoms with E-state index in [1.807, 2.05) is 29.8 Å². The van der Waals surface area contributed by atoms with Gasteiger partial charge in [-0.1, -0.05) is 6.07 Å². The van der Waals surface area contributed by atoms with Gasteiger partial charge in [0.05, 0.1) is 43.6 Å². The van der Waals surface area contributed by atoms with Gasteiger partial charge in [0.1, 0.15) is 17.4 Å². The Balaban J connectivity index is 1.45. The van der Waals surface area contributed by atoms with E-state index < -0.39 is 0 Å². The molecule has 3 heterocycles. The monoisotopic (exact) mass is 431 g/mol. The highest BCUT2D eigenvalue weighted by molar-refractivity contribution is 6.04. The lowest BCUT2D eigenvalue weighted by atomic mass is 10.00. The number of hydrogen-bond donors (Lipinski definition) is 0. The Morgan fingerprint density at radius 1 is 1.06 bits per heavy atom. The molecule has 2 aromatic carbocycles. The molecule has 0 atom stereocenters. The molecular weight excluding hydrogens is 405 g/mol. The number of rotatable bonds is 4. The maximum absolute atomic E-state index is 13.4. The SMILES string of the molecule is COc1cc(/C=C2\CCCN3C2=NCCN3c2ccc(F)cc2)ccc1-n1cnc(C)c1. The van der Waals surface area contributed by atoms with Crippen molar-refractivity contribution in [2.24, 2.45) is 4.99 Å². The van der Waals surface area contributed by atoms with Crippen molar-refractivity contribution >= 4 is 17.6 Å². The number of aromatic nitrogens is 2. The number of ether oxygens (including phenoxy) is 1. The summed E-state index contributed by atoms with van der Waals surface area (Å²) in [5, 5.41) is 4.44. The van der Waals surface area contributed by atoms with E-state index >= 15 is 0 Å². The summed E-state index contributed by atoms with van der Waals surface area (Å²) >= 11 is 0. The number of anilines is 1. The molecule has 0 saturated carbocycles. The maximum Gasteiger partial charge on any atom is 0.145 e. The molecule has 1 aromatic heterocycles. The van der Waals surface area contributed by atoms with E-state index in [9.17, 15) is 4.39 Å². The normalized spacial score (nSPS) is 17.3. The lowest BCUT2D eigenvalue weighted by Crippen LogP contribution is -2.53. The van der Waals surface area contributed by atoms with Crippen LogP contribution in [0.5, 0.6) is 5.75 Å². The van der Waals surface area contributed by atoms with E-state index in [0.29, 0.717) is 6.54 Å². The number of benzene rings is 2. The van der Waals surface area contributed by atoms with E-state index in [-0.39, 0.29) is 5.82 Å². The predicted molar refractivity (Wildman–Crippen MR) is 125 cm³/mol. The van der Waals surface area contributed by atoms with Crippen molar-refractivity contribution in [3.8, 4) is 11.4 Å². The Kier molecular flexibility index (Phi) is 5.39. The van der Waals surface area contributed by atoms with E-state index in [0.717, 1.165) is 60.1 Å². The maximum atomic E-state index is 13.4. The highest BCUT2D eigenvalue weighted by atomic mass is 19.1. The number of aliphatic imine (C=N–C) groups is 1. The Hall–Kier alpha value is -3.61. The van der Waals surface area contributed by atoms with Crippen LogP contribution in [0.15, 0.2) is 65.6 Å². The largest absolute Gasteiger partial charge is 0.495 e. The van der Waals surface area contributed by atoms with Crippen molar-refractivity contribution in [1.29, 1.82) is 0 Å². The molecule has 1 fully saturated rings. The zero-order valence-corrected chi connectivity index (χ0v) is 18.3. The van der Waals surface area contributed by atoms with Gasteiger partial charge in [0.15, 0.2) is 0 Å². The van der Waals surface area contributed by atoms with Gasteiger partial charge in [-0.2, -0.15) is 0 Å². The summed E-state index contributed by atoms with van der Waals surface area (Å²) < 4.78 is 21.1. The third-order valence-electron chi connectivity index (χ3n) is 5.87. The number of piperidine rings is 1. The molecule has 0 bridgehead atoms. The molecular formula is C25H26FN5O. The smallest absolute Gasteiger partial charge is 0.145 e. The van der Waals surface area contributed by atoms with Crippen molar-refractivity contribution in [3.63, 3.8) is 0 Å². The Morgan fingerprint density at radius 3 is 2.66 bits per heavy atom. The van der Waals surface area contributed by atoms with E-state index in [4.69, 9.17) is 9.73 Å². The predicted octanol–water partition coefficient (Wildman–Crippen LogP) is 4.64. The lowest BCUT2D eigenvalue weighted by molar-refractivity contribution is 0.348. The molecule has 0 aliphatic carbocycles. The Labute approximate surface area is 187 Å². The number of hydrogen-bond acceptors (Lipinski definition) is 5. The first-order chi connectivity index (χ1) is 15.6. The molecule has 0 unspecified atom stereocenters. The van der Waals surface area contributed by atoms with Crippen LogP contribution in [-0.4, -0.2) is 47.1 Å². The van der Waals surface area contributed by atoms with Crippen LogP contribution >= 0.6 is 0 Å². The number of methoxy groups -OCH3 is 1. The third kappa shape index (κ3) is 3.86. The molecule has 0 N–H and O–H groups in total. The van der Waals surface area contributed by atoms with Gasteiger partial charge in [-0.3, -0.25) is 15.0 Å². The van der Waals surface area contributed by atoms with Crippen LogP contribution in [-0.2, 0) is 0 Å². The van der Waals surface area contributed by atoms with Crippen LogP contribution in [0.1, 0.15) is 24.1 Å². The standard InChI is InChI=1S/C25H26FN5O/c1-18-16-29(17-28-18)23-10-5-19(15-24(23)32-2)14-20-4-3-12-31-25(20)27-11-13-30(31)22-8-6-21(26)7-9-22/h5-10,14-17H,3-4,11-13H2,1-2H3/b20-14+. The summed E-state index contributed by atoms with van der Waals surface area (Å²) in [5.74, 6) is 1.57. The molecule has 2 aliphatic rings. The van der Waals surface area contributed by atoms with Crippen molar-refractivity contribution < 1.29 is 9.13 Å². The second-order valence-electron chi connectivity index (χ2n) is 8.05. The number of amidine groups is 1. The average molecular weight is 432 g/mol. The fourth-order valence-electron chi connectivity index (χ4n) is 4.36. The van der Waals surface area contributed by atoms with Crippen LogP contribution in [0.25, 0.3) is 11.8 Å². The second-order valence-corrected chi connectivity index (χ2v) is 8.05. The highest BCUT2D eigenvalue weighted by Crippen LogP contribution is 2.30. The molecule has 5 rings (SSSR count). The van der Waals surface area contributed by atoms with Crippen molar-refractivity contribution in [2.45, 2.75) is 19.8 Å². The average Bonchev–Trinajstić information content (AvgIpc) is 3.25. The van der Waals surface area contributed by atoms with Gasteiger partial charge in [0.2, 0.25) is 0 Å². The summed E-state index contributed by atoms with van der Waals surface area (Å²) in [6, 6.07) is 12.9.